The van der Waals surface area contributed by atoms with Gasteiger partial charge in [0.05, 0.1) is 5.25 Å². The lowest BCUT2D eigenvalue weighted by atomic mass is 10.1. The van der Waals surface area contributed by atoms with Crippen molar-refractivity contribution in [3.05, 3.63) is 47.5 Å². The largest absolute Gasteiger partial charge is 0.454 e. The summed E-state index contributed by atoms with van der Waals surface area (Å²) in [6, 6.07) is 11.8. The predicted octanol–water partition coefficient (Wildman–Crippen LogP) is 3.38. The van der Waals surface area contributed by atoms with Gasteiger partial charge in [-0.1, -0.05) is 17.7 Å². The molecule has 0 spiro atoms. The van der Waals surface area contributed by atoms with Gasteiger partial charge in [-0.15, -0.1) is 11.8 Å². The number of aryl methyl sites for hydroxylation is 1. The maximum Gasteiger partial charge on any atom is 0.238 e. The summed E-state index contributed by atoms with van der Waals surface area (Å²) in [5, 5.41) is 2.89. The number of amides is 1. The van der Waals surface area contributed by atoms with Gasteiger partial charge in [0.2, 0.25) is 12.7 Å². The number of rotatable bonds is 2. The van der Waals surface area contributed by atoms with Crippen molar-refractivity contribution in [2.75, 3.05) is 12.1 Å². The molecule has 0 saturated heterocycles. The lowest BCUT2D eigenvalue weighted by Gasteiger charge is -2.10. The molecule has 0 unspecified atom stereocenters. The number of hydrogen-bond donors (Lipinski definition) is 1. The Morgan fingerprint density at radius 1 is 1.18 bits per heavy atom. The lowest BCUT2D eigenvalue weighted by molar-refractivity contribution is -0.115. The van der Waals surface area contributed by atoms with Crippen molar-refractivity contribution in [3.63, 3.8) is 0 Å². The molecule has 5 heteroatoms. The molecule has 112 valence electrons. The third kappa shape index (κ3) is 2.41. The van der Waals surface area contributed by atoms with Crippen LogP contribution < -0.4 is 14.8 Å². The number of nitrogens with one attached hydrogen (secondary N) is 1. The average Bonchev–Trinajstić information content (AvgIpc) is 3.12. The molecule has 0 radical (unpaired) electrons. The Morgan fingerprint density at radius 3 is 2.95 bits per heavy atom. The highest BCUT2D eigenvalue weighted by Crippen LogP contribution is 2.39. The quantitative estimate of drug-likeness (QED) is 0.923. The molecule has 4 nitrogen and oxygen atoms in total. The monoisotopic (exact) mass is 313 g/mol. The van der Waals surface area contributed by atoms with Crippen molar-refractivity contribution >= 4 is 23.4 Å². The molecule has 1 N–H and O–H groups in total. The highest BCUT2D eigenvalue weighted by Gasteiger charge is 2.28. The first-order chi connectivity index (χ1) is 10.7. The van der Waals surface area contributed by atoms with Crippen LogP contribution in [0.4, 0.5) is 5.69 Å². The molecule has 0 bridgehead atoms. The van der Waals surface area contributed by atoms with Gasteiger partial charge in [-0.3, -0.25) is 4.79 Å². The van der Waals surface area contributed by atoms with Crippen LogP contribution in [0.1, 0.15) is 11.1 Å². The van der Waals surface area contributed by atoms with E-state index in [1.54, 1.807) is 17.8 Å². The molecular formula is C17H15NO3S. The molecule has 2 aromatic carbocycles. The van der Waals surface area contributed by atoms with Crippen LogP contribution in [0.15, 0.2) is 41.3 Å². The normalized spacial score (nSPS) is 18.1. The Labute approximate surface area is 132 Å². The molecule has 0 fully saturated rings. The number of anilines is 1. The SMILES string of the molecule is Cc1ccc2c(c1)S[C@@H](C(=O)Nc1ccc3c(c1)OCO3)C2. The van der Waals surface area contributed by atoms with E-state index in [4.69, 9.17) is 9.47 Å². The number of fused-ring (bicyclic) bond motifs is 2. The van der Waals surface area contributed by atoms with E-state index in [0.29, 0.717) is 5.75 Å². The second kappa shape index (κ2) is 5.25. The van der Waals surface area contributed by atoms with Gasteiger partial charge in [0.1, 0.15) is 0 Å². The molecule has 1 atom stereocenters. The Balaban J connectivity index is 1.47. The summed E-state index contributed by atoms with van der Waals surface area (Å²) in [7, 11) is 0. The molecule has 2 aliphatic rings. The summed E-state index contributed by atoms with van der Waals surface area (Å²) in [5.41, 5.74) is 3.21. The predicted molar refractivity (Wildman–Crippen MR) is 85.7 cm³/mol. The minimum atomic E-state index is -0.0813. The lowest BCUT2D eigenvalue weighted by Crippen LogP contribution is -2.24. The molecule has 0 aliphatic carbocycles. The third-order valence-electron chi connectivity index (χ3n) is 3.83. The first-order valence-electron chi connectivity index (χ1n) is 7.16. The Hall–Kier alpha value is -2.14. The van der Waals surface area contributed by atoms with E-state index in [9.17, 15) is 4.79 Å². The molecule has 4 rings (SSSR count). The Bertz CT molecular complexity index is 760. The summed E-state index contributed by atoms with van der Waals surface area (Å²) in [6.07, 6.45) is 0.774. The van der Waals surface area contributed by atoms with Crippen LogP contribution in [-0.4, -0.2) is 18.0 Å². The number of carbonyl (C=O) groups is 1. The maximum absolute atomic E-state index is 12.5. The van der Waals surface area contributed by atoms with Crippen molar-refractivity contribution in [2.45, 2.75) is 23.5 Å². The summed E-state index contributed by atoms with van der Waals surface area (Å²) in [6.45, 7) is 2.31. The highest BCUT2D eigenvalue weighted by molar-refractivity contribution is 8.01. The van der Waals surface area contributed by atoms with Crippen molar-refractivity contribution in [3.8, 4) is 11.5 Å². The third-order valence-corrected chi connectivity index (χ3v) is 5.13. The number of benzene rings is 2. The highest BCUT2D eigenvalue weighted by atomic mass is 32.2. The molecule has 0 aromatic heterocycles. The van der Waals surface area contributed by atoms with Gasteiger partial charge < -0.3 is 14.8 Å². The van der Waals surface area contributed by atoms with Crippen LogP contribution in [0.5, 0.6) is 11.5 Å². The van der Waals surface area contributed by atoms with Crippen LogP contribution in [0.3, 0.4) is 0 Å². The first kappa shape index (κ1) is 13.5. The summed E-state index contributed by atoms with van der Waals surface area (Å²) in [5.74, 6) is 1.42. The minimum absolute atomic E-state index is 0.0257. The van der Waals surface area contributed by atoms with Crippen LogP contribution in [-0.2, 0) is 11.2 Å². The molecule has 2 heterocycles. The fourth-order valence-electron chi connectivity index (χ4n) is 2.68. The van der Waals surface area contributed by atoms with Gasteiger partial charge in [-0.2, -0.15) is 0 Å². The van der Waals surface area contributed by atoms with E-state index < -0.39 is 0 Å². The molecule has 2 aliphatic heterocycles. The average molecular weight is 313 g/mol. The van der Waals surface area contributed by atoms with Gasteiger partial charge in [-0.25, -0.2) is 0 Å². The standard InChI is InChI=1S/C17H15NO3S/c1-10-2-3-11-7-16(22-15(11)6-10)17(19)18-12-4-5-13-14(8-12)21-9-20-13/h2-6,8,16H,7,9H2,1H3,(H,18,19)/t16-/m1/s1. The number of thioether (sulfide) groups is 1. The Morgan fingerprint density at radius 2 is 2.05 bits per heavy atom. The molecule has 1 amide bonds. The van der Waals surface area contributed by atoms with Crippen molar-refractivity contribution < 1.29 is 14.3 Å². The van der Waals surface area contributed by atoms with E-state index in [0.717, 1.165) is 17.9 Å². The van der Waals surface area contributed by atoms with E-state index in [-0.39, 0.29) is 18.0 Å². The topological polar surface area (TPSA) is 47.6 Å². The fraction of sp³-hybridized carbons (Fsp3) is 0.235. The molecule has 22 heavy (non-hydrogen) atoms. The van der Waals surface area contributed by atoms with Gasteiger partial charge >= 0.3 is 0 Å². The first-order valence-corrected chi connectivity index (χ1v) is 8.04. The molecule has 0 saturated carbocycles. The molecule has 2 aromatic rings. The fourth-order valence-corrected chi connectivity index (χ4v) is 3.97. The minimum Gasteiger partial charge on any atom is -0.454 e. The van der Waals surface area contributed by atoms with Crippen molar-refractivity contribution in [1.29, 1.82) is 0 Å². The molecular weight excluding hydrogens is 298 g/mol. The van der Waals surface area contributed by atoms with E-state index in [1.165, 1.54) is 16.0 Å². The number of carbonyl (C=O) groups excluding carboxylic acids is 1. The van der Waals surface area contributed by atoms with Gasteiger partial charge in [-0.05, 0) is 37.1 Å². The summed E-state index contributed by atoms with van der Waals surface area (Å²) < 4.78 is 10.6. The van der Waals surface area contributed by atoms with Crippen LogP contribution >= 0.6 is 11.8 Å². The zero-order valence-electron chi connectivity index (χ0n) is 12.1. The zero-order valence-corrected chi connectivity index (χ0v) is 12.9. The van der Waals surface area contributed by atoms with Gasteiger partial charge in [0, 0.05) is 16.6 Å². The van der Waals surface area contributed by atoms with Crippen LogP contribution in [0.25, 0.3) is 0 Å². The number of hydrogen-bond acceptors (Lipinski definition) is 4. The van der Waals surface area contributed by atoms with Crippen molar-refractivity contribution in [1.82, 2.24) is 0 Å². The number of ether oxygens (including phenoxy) is 2. The Kier molecular flexibility index (Phi) is 3.22. The van der Waals surface area contributed by atoms with E-state index in [1.807, 2.05) is 12.1 Å². The van der Waals surface area contributed by atoms with Gasteiger partial charge in [0.25, 0.3) is 0 Å². The zero-order chi connectivity index (χ0) is 15.1. The van der Waals surface area contributed by atoms with Crippen molar-refractivity contribution in [2.24, 2.45) is 0 Å². The second-order valence-electron chi connectivity index (χ2n) is 5.48. The second-order valence-corrected chi connectivity index (χ2v) is 6.72. The van der Waals surface area contributed by atoms with Crippen LogP contribution in [0.2, 0.25) is 0 Å². The van der Waals surface area contributed by atoms with Gasteiger partial charge in [0.15, 0.2) is 11.5 Å². The maximum atomic E-state index is 12.5. The summed E-state index contributed by atoms with van der Waals surface area (Å²) in [4.78, 5) is 13.7. The smallest absolute Gasteiger partial charge is 0.238 e. The summed E-state index contributed by atoms with van der Waals surface area (Å²) >= 11 is 1.64. The van der Waals surface area contributed by atoms with E-state index >= 15 is 0 Å². The van der Waals surface area contributed by atoms with Crippen LogP contribution in [0, 0.1) is 6.92 Å². The van der Waals surface area contributed by atoms with E-state index in [2.05, 4.69) is 30.4 Å².